The van der Waals surface area contributed by atoms with E-state index in [2.05, 4.69) is 10.6 Å². The van der Waals surface area contributed by atoms with Crippen LogP contribution in [0, 0.1) is 16.0 Å². The highest BCUT2D eigenvalue weighted by atomic mass is 16.6. The number of benzene rings is 1. The lowest BCUT2D eigenvalue weighted by Crippen LogP contribution is -2.33. The molecule has 1 atom stereocenters. The van der Waals surface area contributed by atoms with Crippen molar-refractivity contribution in [2.24, 2.45) is 5.92 Å². The van der Waals surface area contributed by atoms with E-state index in [0.717, 1.165) is 0 Å². The van der Waals surface area contributed by atoms with Gasteiger partial charge in [0.15, 0.2) is 0 Å². The van der Waals surface area contributed by atoms with E-state index in [1.807, 2.05) is 6.92 Å². The Kier molecular flexibility index (Phi) is 6.12. The molecule has 3 N–H and O–H groups in total. The van der Waals surface area contributed by atoms with Crippen molar-refractivity contribution in [1.29, 1.82) is 0 Å². The van der Waals surface area contributed by atoms with Crippen LogP contribution in [0.15, 0.2) is 24.3 Å². The first kappa shape index (κ1) is 16.4. The first-order valence-electron chi connectivity index (χ1n) is 6.43. The molecule has 0 fully saturated rings. The smallest absolute Gasteiger partial charge is 0.319 e. The Morgan fingerprint density at radius 1 is 1.43 bits per heavy atom. The van der Waals surface area contributed by atoms with Gasteiger partial charge in [0.05, 0.1) is 4.92 Å². The number of urea groups is 1. The first-order chi connectivity index (χ1) is 9.92. The summed E-state index contributed by atoms with van der Waals surface area (Å²) >= 11 is 0. The molecule has 0 bridgehead atoms. The maximum absolute atomic E-state index is 11.7. The Bertz CT molecular complexity index is 532. The summed E-state index contributed by atoms with van der Waals surface area (Å²) < 4.78 is 0. The van der Waals surface area contributed by atoms with Gasteiger partial charge in [-0.25, -0.2) is 4.79 Å². The summed E-state index contributed by atoms with van der Waals surface area (Å²) in [6, 6.07) is 5.03. The Labute approximate surface area is 121 Å². The minimum absolute atomic E-state index is 0.0202. The average Bonchev–Trinajstić information content (AvgIpc) is 2.43. The number of hydrogen-bond donors (Lipinski definition) is 3. The average molecular weight is 295 g/mol. The van der Waals surface area contributed by atoms with Crippen LogP contribution in [0.25, 0.3) is 0 Å². The zero-order valence-corrected chi connectivity index (χ0v) is 11.5. The molecule has 0 saturated heterocycles. The largest absolute Gasteiger partial charge is 0.481 e. The maximum atomic E-state index is 11.7. The number of aliphatic carboxylic acids is 1. The summed E-state index contributed by atoms with van der Waals surface area (Å²) in [4.78, 5) is 32.3. The fourth-order valence-electron chi connectivity index (χ4n) is 1.72. The van der Waals surface area contributed by atoms with E-state index in [-0.39, 0.29) is 24.6 Å². The monoisotopic (exact) mass is 295 g/mol. The molecule has 0 aliphatic rings. The third-order valence-electron chi connectivity index (χ3n) is 2.91. The molecule has 21 heavy (non-hydrogen) atoms. The van der Waals surface area contributed by atoms with E-state index in [0.29, 0.717) is 12.1 Å². The predicted octanol–water partition coefficient (Wildman–Crippen LogP) is 2.22. The SMILES string of the molecule is CCC(CNC(=O)Nc1cccc([N+](=O)[O-])c1)CC(=O)O. The van der Waals surface area contributed by atoms with Crippen molar-refractivity contribution in [3.05, 3.63) is 34.4 Å². The second-order valence-electron chi connectivity index (χ2n) is 4.51. The minimum atomic E-state index is -0.914. The normalized spacial score (nSPS) is 11.5. The number of carbonyl (C=O) groups is 2. The molecule has 1 rings (SSSR count). The highest BCUT2D eigenvalue weighted by Crippen LogP contribution is 2.16. The summed E-state index contributed by atoms with van der Waals surface area (Å²) in [7, 11) is 0. The lowest BCUT2D eigenvalue weighted by atomic mass is 10.0. The Morgan fingerprint density at radius 3 is 2.71 bits per heavy atom. The van der Waals surface area contributed by atoms with Crippen LogP contribution >= 0.6 is 0 Å². The quantitative estimate of drug-likeness (QED) is 0.526. The molecule has 0 aromatic heterocycles. The minimum Gasteiger partial charge on any atom is -0.481 e. The lowest BCUT2D eigenvalue weighted by molar-refractivity contribution is -0.384. The summed E-state index contributed by atoms with van der Waals surface area (Å²) in [5.41, 5.74) is 0.179. The van der Waals surface area contributed by atoms with Crippen molar-refractivity contribution < 1.29 is 19.6 Å². The second kappa shape index (κ2) is 7.83. The van der Waals surface area contributed by atoms with Crippen LogP contribution in [-0.4, -0.2) is 28.6 Å². The fraction of sp³-hybridized carbons (Fsp3) is 0.385. The molecule has 0 saturated carbocycles. The maximum Gasteiger partial charge on any atom is 0.319 e. The van der Waals surface area contributed by atoms with Gasteiger partial charge < -0.3 is 15.7 Å². The number of carboxylic acid groups (broad SMARTS) is 1. The predicted molar refractivity (Wildman–Crippen MR) is 76.2 cm³/mol. The molecule has 1 aromatic rings. The molecule has 114 valence electrons. The van der Waals surface area contributed by atoms with Gasteiger partial charge in [-0.05, 0) is 12.0 Å². The molecule has 0 spiro atoms. The van der Waals surface area contributed by atoms with Crippen LogP contribution in [0.2, 0.25) is 0 Å². The van der Waals surface area contributed by atoms with Gasteiger partial charge in [-0.15, -0.1) is 0 Å². The van der Waals surface area contributed by atoms with Crippen molar-refractivity contribution >= 4 is 23.4 Å². The molecule has 0 heterocycles. The van der Waals surface area contributed by atoms with Crippen molar-refractivity contribution in [2.75, 3.05) is 11.9 Å². The van der Waals surface area contributed by atoms with Gasteiger partial charge in [-0.2, -0.15) is 0 Å². The molecular weight excluding hydrogens is 278 g/mol. The molecule has 0 aliphatic carbocycles. The van der Waals surface area contributed by atoms with E-state index in [9.17, 15) is 19.7 Å². The fourth-order valence-corrected chi connectivity index (χ4v) is 1.72. The van der Waals surface area contributed by atoms with Crippen molar-refractivity contribution in [1.82, 2.24) is 5.32 Å². The summed E-state index contributed by atoms with van der Waals surface area (Å²) in [5, 5.41) is 24.3. The van der Waals surface area contributed by atoms with Crippen molar-refractivity contribution in [3.8, 4) is 0 Å². The summed E-state index contributed by atoms with van der Waals surface area (Å²) in [5.74, 6) is -1.07. The third kappa shape index (κ3) is 5.89. The molecule has 1 aromatic carbocycles. The van der Waals surface area contributed by atoms with Gasteiger partial charge in [-0.1, -0.05) is 19.4 Å². The number of carbonyl (C=O) groups excluding carboxylic acids is 1. The van der Waals surface area contributed by atoms with E-state index in [1.165, 1.54) is 24.3 Å². The van der Waals surface area contributed by atoms with Gasteiger partial charge in [0.1, 0.15) is 0 Å². The number of anilines is 1. The number of nitro benzene ring substituents is 1. The van der Waals surface area contributed by atoms with Crippen LogP contribution in [0.3, 0.4) is 0 Å². The molecule has 0 aliphatic heterocycles. The van der Waals surface area contributed by atoms with Crippen LogP contribution in [-0.2, 0) is 4.79 Å². The number of nitrogens with zero attached hydrogens (tertiary/aromatic N) is 1. The van der Waals surface area contributed by atoms with Gasteiger partial charge in [-0.3, -0.25) is 14.9 Å². The van der Waals surface area contributed by atoms with Crippen LogP contribution in [0.4, 0.5) is 16.2 Å². The second-order valence-corrected chi connectivity index (χ2v) is 4.51. The van der Waals surface area contributed by atoms with E-state index in [1.54, 1.807) is 0 Å². The van der Waals surface area contributed by atoms with Crippen molar-refractivity contribution in [3.63, 3.8) is 0 Å². The Balaban J connectivity index is 2.51. The number of hydrogen-bond acceptors (Lipinski definition) is 4. The van der Waals surface area contributed by atoms with E-state index in [4.69, 9.17) is 5.11 Å². The number of nitro groups is 1. The van der Waals surface area contributed by atoms with Crippen LogP contribution in [0.1, 0.15) is 19.8 Å². The molecule has 2 amide bonds. The molecule has 8 nitrogen and oxygen atoms in total. The third-order valence-corrected chi connectivity index (χ3v) is 2.91. The van der Waals surface area contributed by atoms with E-state index >= 15 is 0 Å². The van der Waals surface area contributed by atoms with Gasteiger partial charge in [0, 0.05) is 30.8 Å². The summed E-state index contributed by atoms with van der Waals surface area (Å²) in [6.45, 7) is 2.07. The molecule has 0 radical (unpaired) electrons. The zero-order valence-electron chi connectivity index (χ0n) is 11.5. The number of non-ortho nitro benzene ring substituents is 1. The topological polar surface area (TPSA) is 122 Å². The first-order valence-corrected chi connectivity index (χ1v) is 6.43. The Morgan fingerprint density at radius 2 is 2.14 bits per heavy atom. The zero-order chi connectivity index (χ0) is 15.8. The highest BCUT2D eigenvalue weighted by Gasteiger charge is 2.13. The van der Waals surface area contributed by atoms with Gasteiger partial charge in [0.2, 0.25) is 0 Å². The van der Waals surface area contributed by atoms with Gasteiger partial charge in [0.25, 0.3) is 5.69 Å². The van der Waals surface area contributed by atoms with Crippen LogP contribution in [0.5, 0.6) is 0 Å². The number of carboxylic acids is 1. The highest BCUT2D eigenvalue weighted by molar-refractivity contribution is 5.89. The Hall–Kier alpha value is -2.64. The molecule has 1 unspecified atom stereocenters. The number of nitrogens with one attached hydrogen (secondary N) is 2. The van der Waals surface area contributed by atoms with Crippen molar-refractivity contribution in [2.45, 2.75) is 19.8 Å². The van der Waals surface area contributed by atoms with E-state index < -0.39 is 16.9 Å². The number of rotatable bonds is 7. The summed E-state index contributed by atoms with van der Waals surface area (Å²) in [6.07, 6.45) is 0.608. The standard InChI is InChI=1S/C13H17N3O5/c1-2-9(6-12(17)18)8-14-13(19)15-10-4-3-5-11(7-10)16(20)21/h3-5,7,9H,2,6,8H2,1H3,(H,17,18)(H2,14,15,19). The lowest BCUT2D eigenvalue weighted by Gasteiger charge is -2.14. The van der Waals surface area contributed by atoms with Crippen LogP contribution < -0.4 is 10.6 Å². The number of amides is 2. The van der Waals surface area contributed by atoms with Gasteiger partial charge >= 0.3 is 12.0 Å². The molecular formula is C13H17N3O5. The molecule has 8 heteroatoms.